The van der Waals surface area contributed by atoms with E-state index in [4.69, 9.17) is 47.0 Å². The van der Waals surface area contributed by atoms with E-state index in [9.17, 15) is 4.79 Å². The second kappa shape index (κ2) is 10.8. The van der Waals surface area contributed by atoms with E-state index in [2.05, 4.69) is 10.6 Å². The van der Waals surface area contributed by atoms with Crippen molar-refractivity contribution in [3.63, 3.8) is 0 Å². The van der Waals surface area contributed by atoms with Crippen LogP contribution in [0.15, 0.2) is 60.7 Å². The van der Waals surface area contributed by atoms with E-state index >= 15 is 0 Å². The summed E-state index contributed by atoms with van der Waals surface area (Å²) < 4.78 is 0. The highest BCUT2D eigenvalue weighted by Gasteiger charge is 2.39. The van der Waals surface area contributed by atoms with Crippen molar-refractivity contribution in [1.29, 1.82) is 0 Å². The highest BCUT2D eigenvalue weighted by atomic mass is 35.5. The van der Waals surface area contributed by atoms with Gasteiger partial charge >= 0.3 is 0 Å². The van der Waals surface area contributed by atoms with Gasteiger partial charge in [-0.1, -0.05) is 53.0 Å². The minimum atomic E-state index is -0.793. The van der Waals surface area contributed by atoms with E-state index in [1.807, 2.05) is 79.5 Å². The molecule has 0 aromatic heterocycles. The molecule has 2 unspecified atom stereocenters. The minimum Gasteiger partial charge on any atom is -0.376 e. The molecular weight excluding hydrogens is 537 g/mol. The monoisotopic (exact) mass is 561 g/mol. The fraction of sp³-hybridized carbons (Fsp3) is 0.231. The maximum Gasteiger partial charge on any atom is 0.264 e. The van der Waals surface area contributed by atoms with Gasteiger partial charge in [-0.2, -0.15) is 0 Å². The fourth-order valence-electron chi connectivity index (χ4n) is 4.38. The predicted octanol–water partition coefficient (Wildman–Crippen LogP) is 6.02. The predicted molar refractivity (Wildman–Crippen MR) is 155 cm³/mol. The molecule has 4 rings (SSSR count). The molecule has 10 heteroatoms. The Kier molecular flexibility index (Phi) is 7.97. The van der Waals surface area contributed by atoms with Gasteiger partial charge in [0.2, 0.25) is 0 Å². The minimum absolute atomic E-state index is 0.180. The van der Waals surface area contributed by atoms with Crippen LogP contribution < -0.4 is 20.4 Å². The number of thiocarbonyl (C=S) groups is 1. The highest BCUT2D eigenvalue weighted by molar-refractivity contribution is 7.80. The van der Waals surface area contributed by atoms with Gasteiger partial charge in [-0.25, -0.2) is 0 Å². The maximum absolute atomic E-state index is 13.7. The molecule has 0 spiro atoms. The second-order valence-electron chi connectivity index (χ2n) is 8.75. The first-order valence-electron chi connectivity index (χ1n) is 11.2. The van der Waals surface area contributed by atoms with Crippen LogP contribution in [0.3, 0.4) is 0 Å². The number of carbonyl (C=O) groups excluding carboxylic acids is 1. The van der Waals surface area contributed by atoms with E-state index in [0.717, 1.165) is 22.5 Å². The molecule has 3 aromatic carbocycles. The van der Waals surface area contributed by atoms with Crippen LogP contribution in [0.1, 0.15) is 17.2 Å². The summed E-state index contributed by atoms with van der Waals surface area (Å²) in [4.78, 5) is 19.1. The van der Waals surface area contributed by atoms with E-state index in [1.54, 1.807) is 24.1 Å². The van der Waals surface area contributed by atoms with Gasteiger partial charge in [0.15, 0.2) is 11.3 Å². The summed E-state index contributed by atoms with van der Waals surface area (Å²) in [6, 6.07) is 18.3. The molecule has 36 heavy (non-hydrogen) atoms. The quantitative estimate of drug-likeness (QED) is 0.379. The lowest BCUT2D eigenvalue weighted by atomic mass is 9.96. The number of benzene rings is 3. The van der Waals surface area contributed by atoms with Crippen LogP contribution in [0.2, 0.25) is 15.1 Å². The lowest BCUT2D eigenvalue weighted by Crippen LogP contribution is -2.56. The molecule has 3 aromatic rings. The zero-order valence-corrected chi connectivity index (χ0v) is 23.3. The molecule has 1 amide bonds. The molecule has 0 fully saturated rings. The summed E-state index contributed by atoms with van der Waals surface area (Å²) in [5, 5.41) is 8.36. The third-order valence-electron chi connectivity index (χ3n) is 6.18. The highest BCUT2D eigenvalue weighted by Crippen LogP contribution is 2.41. The third-order valence-corrected chi connectivity index (χ3v) is 7.28. The molecular formula is C26H26Cl3N5OS. The van der Waals surface area contributed by atoms with Gasteiger partial charge in [0.25, 0.3) is 5.91 Å². The lowest BCUT2D eigenvalue weighted by molar-refractivity contribution is -0.123. The summed E-state index contributed by atoms with van der Waals surface area (Å²) in [5.41, 5.74) is 4.06. The molecule has 188 valence electrons. The van der Waals surface area contributed by atoms with Gasteiger partial charge in [0.1, 0.15) is 0 Å². The summed E-state index contributed by atoms with van der Waals surface area (Å²) >= 11 is 25.0. The van der Waals surface area contributed by atoms with E-state index < -0.39 is 6.17 Å². The van der Waals surface area contributed by atoms with Crippen LogP contribution in [0.4, 0.5) is 17.1 Å². The Balaban J connectivity index is 1.68. The van der Waals surface area contributed by atoms with Crippen LogP contribution >= 0.6 is 47.0 Å². The maximum atomic E-state index is 13.7. The van der Waals surface area contributed by atoms with Crippen molar-refractivity contribution in [1.82, 2.24) is 10.2 Å². The van der Waals surface area contributed by atoms with Crippen molar-refractivity contribution >= 4 is 75.1 Å². The second-order valence-corrected chi connectivity index (χ2v) is 10.4. The Morgan fingerprint density at radius 3 is 2.33 bits per heavy atom. The van der Waals surface area contributed by atoms with Crippen LogP contribution in [0.25, 0.3) is 0 Å². The number of nitrogens with zero attached hydrogens (tertiary/aromatic N) is 3. The van der Waals surface area contributed by atoms with Crippen LogP contribution in [0, 0.1) is 0 Å². The molecule has 2 atom stereocenters. The van der Waals surface area contributed by atoms with Gasteiger partial charge < -0.3 is 20.4 Å². The average Bonchev–Trinajstić information content (AvgIpc) is 2.89. The number of rotatable bonds is 4. The smallest absolute Gasteiger partial charge is 0.264 e. The average molecular weight is 563 g/mol. The molecule has 1 heterocycles. The number of nitrogens with one attached hydrogen (secondary N) is 2. The van der Waals surface area contributed by atoms with Crippen molar-refractivity contribution < 1.29 is 4.79 Å². The van der Waals surface area contributed by atoms with Crippen molar-refractivity contribution in [2.45, 2.75) is 12.2 Å². The summed E-state index contributed by atoms with van der Waals surface area (Å²) in [5.74, 6) is -0.180. The fourth-order valence-corrected chi connectivity index (χ4v) is 5.38. The number of anilines is 3. The topological polar surface area (TPSA) is 50.9 Å². The van der Waals surface area contributed by atoms with Gasteiger partial charge in [-0.3, -0.25) is 9.69 Å². The number of carbonyl (C=O) groups is 1. The molecule has 1 aliphatic rings. The Morgan fingerprint density at radius 2 is 1.67 bits per heavy atom. The summed E-state index contributed by atoms with van der Waals surface area (Å²) in [6.45, 7) is 0. The van der Waals surface area contributed by atoms with Crippen molar-refractivity contribution in [3.05, 3.63) is 86.9 Å². The number of hydrogen-bond donors (Lipinski definition) is 2. The van der Waals surface area contributed by atoms with Gasteiger partial charge in [-0.05, 0) is 72.9 Å². The van der Waals surface area contributed by atoms with Crippen molar-refractivity contribution in [2.75, 3.05) is 43.3 Å². The first-order chi connectivity index (χ1) is 17.1. The lowest BCUT2D eigenvalue weighted by Gasteiger charge is -2.34. The largest absolute Gasteiger partial charge is 0.376 e. The SMILES string of the molecule is CN(C)c1ccc(NC(=S)NC2C(=O)N(C)c3ccc(Cl)cc3C(c3ccccc3Cl)N2C)cc1Cl. The zero-order chi connectivity index (χ0) is 26.1. The summed E-state index contributed by atoms with van der Waals surface area (Å²) in [7, 11) is 7.44. The number of fused-ring (bicyclic) bond motifs is 1. The Labute approximate surface area is 231 Å². The molecule has 0 bridgehead atoms. The van der Waals surface area contributed by atoms with Gasteiger partial charge in [0.05, 0.1) is 16.8 Å². The van der Waals surface area contributed by atoms with E-state index in [0.29, 0.717) is 20.8 Å². The van der Waals surface area contributed by atoms with Gasteiger partial charge in [0, 0.05) is 42.6 Å². The molecule has 0 saturated heterocycles. The molecule has 0 aliphatic carbocycles. The standard InChI is InChI=1S/C26H26Cl3N5OS/c1-32(2)22-12-10-16(14-20(22)29)30-26(36)31-24-25(35)33(3)21-11-9-15(27)13-18(21)23(34(24)4)17-7-5-6-8-19(17)28/h5-14,23-24H,1-4H3,(H2,30,31,36). The number of halogens is 3. The first-order valence-corrected chi connectivity index (χ1v) is 12.7. The van der Waals surface area contributed by atoms with Crippen molar-refractivity contribution in [3.8, 4) is 0 Å². The normalized spacial score (nSPS) is 17.9. The van der Waals surface area contributed by atoms with Crippen LogP contribution in [0.5, 0.6) is 0 Å². The summed E-state index contributed by atoms with van der Waals surface area (Å²) in [6.07, 6.45) is -0.793. The van der Waals surface area contributed by atoms with Crippen molar-refractivity contribution in [2.24, 2.45) is 0 Å². The van der Waals surface area contributed by atoms with Gasteiger partial charge in [-0.15, -0.1) is 0 Å². The number of amides is 1. The Bertz CT molecular complexity index is 1320. The van der Waals surface area contributed by atoms with Crippen LogP contribution in [-0.4, -0.2) is 50.3 Å². The number of likely N-dealkylation sites (N-methyl/N-ethyl adjacent to an activating group) is 2. The van der Waals surface area contributed by atoms with Crippen LogP contribution in [-0.2, 0) is 4.79 Å². The third kappa shape index (κ3) is 5.26. The number of hydrogen-bond acceptors (Lipinski definition) is 4. The molecule has 0 radical (unpaired) electrons. The molecule has 1 aliphatic heterocycles. The van der Waals surface area contributed by atoms with E-state index in [-0.39, 0.29) is 17.1 Å². The molecule has 6 nitrogen and oxygen atoms in total. The zero-order valence-electron chi connectivity index (χ0n) is 20.2. The Hall–Kier alpha value is -2.55. The molecule has 0 saturated carbocycles. The van der Waals surface area contributed by atoms with E-state index in [1.165, 1.54) is 0 Å². The Morgan fingerprint density at radius 1 is 0.944 bits per heavy atom. The first kappa shape index (κ1) is 26.5. The molecule has 2 N–H and O–H groups in total.